The first kappa shape index (κ1) is 12.6. The minimum atomic E-state index is -0.703. The number of benzene rings is 1. The highest BCUT2D eigenvalue weighted by Crippen LogP contribution is 2.28. The molecule has 0 atom stereocenters. The van der Waals surface area contributed by atoms with Crippen molar-refractivity contribution in [3.63, 3.8) is 0 Å². The number of imidazole rings is 1. The molecule has 0 bridgehead atoms. The van der Waals surface area contributed by atoms with E-state index in [4.69, 9.17) is 5.73 Å². The third kappa shape index (κ3) is 2.12. The number of fused-ring (bicyclic) bond motifs is 1. The fourth-order valence-electron chi connectivity index (χ4n) is 1.91. The smallest absolute Gasteiger partial charge is 0.201 e. The Hall–Kier alpha value is -1.47. The first-order valence-electron chi connectivity index (χ1n) is 5.39. The number of hydrogen-bond acceptors (Lipinski definition) is 3. The number of rotatable bonds is 2. The molecule has 19 heavy (non-hydrogen) atoms. The SMILES string of the molecule is Nc1nc2c(F)cc(F)cc2n1Cc1sccc1Br. The summed E-state index contributed by atoms with van der Waals surface area (Å²) in [6.45, 7) is 0.420. The summed E-state index contributed by atoms with van der Waals surface area (Å²) in [7, 11) is 0. The molecule has 0 spiro atoms. The number of halogens is 3. The van der Waals surface area contributed by atoms with Crippen LogP contribution in [0, 0.1) is 11.6 Å². The van der Waals surface area contributed by atoms with E-state index in [-0.39, 0.29) is 11.5 Å². The van der Waals surface area contributed by atoms with Gasteiger partial charge in [-0.15, -0.1) is 11.3 Å². The summed E-state index contributed by atoms with van der Waals surface area (Å²) < 4.78 is 29.5. The molecule has 2 N–H and O–H groups in total. The van der Waals surface area contributed by atoms with Crippen molar-refractivity contribution in [1.82, 2.24) is 9.55 Å². The van der Waals surface area contributed by atoms with E-state index in [1.54, 1.807) is 4.57 Å². The summed E-state index contributed by atoms with van der Waals surface area (Å²) in [6, 6.07) is 3.96. The normalized spacial score (nSPS) is 11.3. The van der Waals surface area contributed by atoms with Crippen molar-refractivity contribution in [2.24, 2.45) is 0 Å². The summed E-state index contributed by atoms with van der Waals surface area (Å²) in [4.78, 5) is 4.96. The minimum absolute atomic E-state index is 0.0894. The van der Waals surface area contributed by atoms with Gasteiger partial charge in [-0.05, 0) is 27.4 Å². The van der Waals surface area contributed by atoms with Crippen molar-refractivity contribution in [1.29, 1.82) is 0 Å². The molecule has 2 heterocycles. The molecule has 0 saturated carbocycles. The highest BCUT2D eigenvalue weighted by atomic mass is 79.9. The highest BCUT2D eigenvalue weighted by molar-refractivity contribution is 9.10. The quantitative estimate of drug-likeness (QED) is 0.769. The third-order valence-corrected chi connectivity index (χ3v) is 4.71. The Kier molecular flexibility index (Phi) is 3.02. The van der Waals surface area contributed by atoms with Crippen LogP contribution in [0.15, 0.2) is 28.1 Å². The molecule has 0 aliphatic heterocycles. The Morgan fingerprint density at radius 2 is 2.16 bits per heavy atom. The number of anilines is 1. The molecule has 0 amide bonds. The Balaban J connectivity index is 2.18. The Bertz CT molecular complexity index is 766. The van der Waals surface area contributed by atoms with Crippen LogP contribution in [0.2, 0.25) is 0 Å². The van der Waals surface area contributed by atoms with Crippen LogP contribution in [-0.4, -0.2) is 9.55 Å². The maximum Gasteiger partial charge on any atom is 0.201 e. The number of thiophene rings is 1. The van der Waals surface area contributed by atoms with Crippen molar-refractivity contribution < 1.29 is 8.78 Å². The van der Waals surface area contributed by atoms with Gasteiger partial charge in [0.15, 0.2) is 5.82 Å². The van der Waals surface area contributed by atoms with Gasteiger partial charge in [-0.1, -0.05) is 0 Å². The number of aromatic nitrogens is 2. The van der Waals surface area contributed by atoms with Gasteiger partial charge in [0.05, 0.1) is 12.1 Å². The molecule has 0 unspecified atom stereocenters. The van der Waals surface area contributed by atoms with Crippen molar-refractivity contribution in [3.8, 4) is 0 Å². The molecule has 0 aliphatic rings. The number of nitrogen functional groups attached to an aromatic ring is 1. The monoisotopic (exact) mass is 343 g/mol. The molecular formula is C12H8BrF2N3S. The van der Waals surface area contributed by atoms with E-state index < -0.39 is 11.6 Å². The molecule has 3 nitrogen and oxygen atoms in total. The Labute approximate surface area is 119 Å². The first-order valence-corrected chi connectivity index (χ1v) is 7.06. The van der Waals surface area contributed by atoms with Crippen LogP contribution < -0.4 is 5.73 Å². The van der Waals surface area contributed by atoms with E-state index >= 15 is 0 Å². The Morgan fingerprint density at radius 1 is 1.37 bits per heavy atom. The van der Waals surface area contributed by atoms with E-state index in [1.165, 1.54) is 17.4 Å². The summed E-state index contributed by atoms with van der Waals surface area (Å²) in [6.07, 6.45) is 0. The maximum absolute atomic E-state index is 13.6. The van der Waals surface area contributed by atoms with Gasteiger partial charge in [0, 0.05) is 21.5 Å². The maximum atomic E-state index is 13.6. The largest absolute Gasteiger partial charge is 0.369 e. The number of nitrogens with zero attached hydrogens (tertiary/aromatic N) is 2. The summed E-state index contributed by atoms with van der Waals surface area (Å²) in [5.74, 6) is -1.18. The molecule has 0 aliphatic carbocycles. The molecular weight excluding hydrogens is 336 g/mol. The van der Waals surface area contributed by atoms with Crippen LogP contribution in [-0.2, 0) is 6.54 Å². The lowest BCUT2D eigenvalue weighted by Gasteiger charge is -2.05. The van der Waals surface area contributed by atoms with Gasteiger partial charge < -0.3 is 10.3 Å². The van der Waals surface area contributed by atoms with E-state index in [2.05, 4.69) is 20.9 Å². The second kappa shape index (κ2) is 4.57. The van der Waals surface area contributed by atoms with Gasteiger partial charge in [-0.2, -0.15) is 0 Å². The summed E-state index contributed by atoms with van der Waals surface area (Å²) >= 11 is 4.95. The van der Waals surface area contributed by atoms with Gasteiger partial charge in [-0.25, -0.2) is 13.8 Å². The molecule has 3 rings (SSSR count). The lowest BCUT2D eigenvalue weighted by Crippen LogP contribution is -2.03. The molecule has 0 radical (unpaired) electrons. The standard InChI is InChI=1S/C12H8BrF2N3S/c13-7-1-2-19-10(7)5-18-9-4-6(14)3-8(15)11(9)17-12(18)16/h1-4H,5H2,(H2,16,17). The van der Waals surface area contributed by atoms with Crippen LogP contribution in [0.1, 0.15) is 4.88 Å². The predicted octanol–water partition coefficient (Wildman–Crippen LogP) is 3.77. The molecule has 1 aromatic carbocycles. The van der Waals surface area contributed by atoms with Crippen LogP contribution in [0.5, 0.6) is 0 Å². The zero-order valence-electron chi connectivity index (χ0n) is 9.53. The zero-order valence-corrected chi connectivity index (χ0v) is 11.9. The molecule has 0 saturated heterocycles. The van der Waals surface area contributed by atoms with Crippen LogP contribution in [0.25, 0.3) is 11.0 Å². The second-order valence-electron chi connectivity index (χ2n) is 4.00. The van der Waals surface area contributed by atoms with Gasteiger partial charge >= 0.3 is 0 Å². The number of hydrogen-bond donors (Lipinski definition) is 1. The second-order valence-corrected chi connectivity index (χ2v) is 5.86. The summed E-state index contributed by atoms with van der Waals surface area (Å²) in [5.41, 5.74) is 6.24. The van der Waals surface area contributed by atoms with E-state index in [9.17, 15) is 8.78 Å². The van der Waals surface area contributed by atoms with Crippen molar-refractivity contribution >= 4 is 44.2 Å². The van der Waals surface area contributed by atoms with Gasteiger partial charge in [0.25, 0.3) is 0 Å². The predicted molar refractivity (Wildman–Crippen MR) is 75.2 cm³/mol. The fraction of sp³-hybridized carbons (Fsp3) is 0.0833. The lowest BCUT2D eigenvalue weighted by molar-refractivity contribution is 0.590. The van der Waals surface area contributed by atoms with Gasteiger partial charge in [-0.3, -0.25) is 0 Å². The van der Waals surface area contributed by atoms with Crippen LogP contribution >= 0.6 is 27.3 Å². The average molecular weight is 344 g/mol. The Morgan fingerprint density at radius 3 is 2.84 bits per heavy atom. The van der Waals surface area contributed by atoms with Gasteiger partial charge in [0.2, 0.25) is 5.95 Å². The number of nitrogens with two attached hydrogens (primary N) is 1. The van der Waals surface area contributed by atoms with E-state index in [0.717, 1.165) is 15.4 Å². The fourth-order valence-corrected chi connectivity index (χ4v) is 3.38. The van der Waals surface area contributed by atoms with Crippen LogP contribution in [0.3, 0.4) is 0 Å². The van der Waals surface area contributed by atoms with Crippen molar-refractivity contribution in [2.45, 2.75) is 6.54 Å². The highest BCUT2D eigenvalue weighted by Gasteiger charge is 2.15. The minimum Gasteiger partial charge on any atom is -0.369 e. The molecule has 98 valence electrons. The van der Waals surface area contributed by atoms with E-state index in [1.807, 2.05) is 11.4 Å². The average Bonchev–Trinajstić information content (AvgIpc) is 2.87. The van der Waals surface area contributed by atoms with Crippen molar-refractivity contribution in [3.05, 3.63) is 44.6 Å². The van der Waals surface area contributed by atoms with Gasteiger partial charge in [0.1, 0.15) is 11.3 Å². The van der Waals surface area contributed by atoms with Crippen molar-refractivity contribution in [2.75, 3.05) is 5.73 Å². The third-order valence-electron chi connectivity index (χ3n) is 2.79. The molecule has 3 aromatic rings. The molecule has 0 fully saturated rings. The first-order chi connectivity index (χ1) is 9.06. The molecule has 2 aromatic heterocycles. The lowest BCUT2D eigenvalue weighted by atomic mass is 10.3. The summed E-state index contributed by atoms with van der Waals surface area (Å²) in [5, 5.41) is 1.93. The van der Waals surface area contributed by atoms with Crippen LogP contribution in [0.4, 0.5) is 14.7 Å². The zero-order chi connectivity index (χ0) is 13.6. The molecule has 7 heteroatoms. The topological polar surface area (TPSA) is 43.8 Å². The van der Waals surface area contributed by atoms with E-state index in [0.29, 0.717) is 12.1 Å².